The number of aromatic nitrogens is 2. The third-order valence-electron chi connectivity index (χ3n) is 5.34. The number of likely N-dealkylation sites (N-methyl/N-ethyl adjacent to an activating group) is 1. The minimum absolute atomic E-state index is 0.224. The van der Waals surface area contributed by atoms with Crippen LogP contribution in [-0.2, 0) is 13.0 Å². The lowest BCUT2D eigenvalue weighted by molar-refractivity contribution is 0.0864. The molecule has 1 aromatic rings. The topological polar surface area (TPSA) is 33.1 Å². The zero-order valence-electron chi connectivity index (χ0n) is 14.4. The molecule has 0 amide bonds. The Bertz CT molecular complexity index is 448. The Labute approximate surface area is 129 Å². The van der Waals surface area contributed by atoms with Crippen molar-refractivity contribution in [3.63, 3.8) is 0 Å². The van der Waals surface area contributed by atoms with E-state index in [4.69, 9.17) is 0 Å². The highest BCUT2D eigenvalue weighted by atomic mass is 15.3. The Morgan fingerprint density at radius 2 is 2.00 bits per heavy atom. The first-order valence-corrected chi connectivity index (χ1v) is 8.50. The number of hydrogen-bond acceptors (Lipinski definition) is 3. The van der Waals surface area contributed by atoms with Gasteiger partial charge in [-0.05, 0) is 66.2 Å². The highest BCUT2D eigenvalue weighted by molar-refractivity contribution is 5.13. The van der Waals surface area contributed by atoms with Gasteiger partial charge in [-0.2, -0.15) is 5.10 Å². The Hall–Kier alpha value is -0.870. The molecule has 0 spiro atoms. The van der Waals surface area contributed by atoms with Crippen molar-refractivity contribution < 1.29 is 0 Å². The van der Waals surface area contributed by atoms with E-state index in [1.54, 1.807) is 0 Å². The molecule has 1 saturated heterocycles. The lowest BCUT2D eigenvalue weighted by atomic mass is 9.84. The Balaban J connectivity index is 2.20. The molecule has 0 radical (unpaired) electrons. The fraction of sp³-hybridized carbons (Fsp3) is 0.824. The van der Waals surface area contributed by atoms with Crippen molar-refractivity contribution in [2.75, 3.05) is 20.1 Å². The van der Waals surface area contributed by atoms with Crippen LogP contribution in [0.2, 0.25) is 0 Å². The fourth-order valence-corrected chi connectivity index (χ4v) is 3.80. The van der Waals surface area contributed by atoms with Gasteiger partial charge in [-0.1, -0.05) is 6.92 Å². The smallest absolute Gasteiger partial charge is 0.0596 e. The zero-order chi connectivity index (χ0) is 15.5. The summed E-state index contributed by atoms with van der Waals surface area (Å²) in [5.74, 6) is 0. The van der Waals surface area contributed by atoms with Crippen LogP contribution in [0.4, 0.5) is 0 Å². The van der Waals surface area contributed by atoms with E-state index in [0.717, 1.165) is 18.7 Å². The summed E-state index contributed by atoms with van der Waals surface area (Å²) in [6, 6.07) is 2.70. The van der Waals surface area contributed by atoms with Gasteiger partial charge in [-0.15, -0.1) is 0 Å². The van der Waals surface area contributed by atoms with Gasteiger partial charge in [0, 0.05) is 30.2 Å². The van der Waals surface area contributed by atoms with Crippen molar-refractivity contribution >= 4 is 0 Å². The number of nitrogens with one attached hydrogen (secondary N) is 1. The van der Waals surface area contributed by atoms with Gasteiger partial charge in [0.15, 0.2) is 0 Å². The van der Waals surface area contributed by atoms with Crippen molar-refractivity contribution in [2.24, 2.45) is 0 Å². The third-order valence-corrected chi connectivity index (χ3v) is 5.34. The molecule has 1 aliphatic rings. The van der Waals surface area contributed by atoms with Crippen LogP contribution in [0.1, 0.15) is 51.4 Å². The second-order valence-corrected chi connectivity index (χ2v) is 6.54. The molecule has 1 aromatic heterocycles. The molecule has 1 aliphatic heterocycles. The maximum absolute atomic E-state index is 4.60. The number of likely N-dealkylation sites (tertiary alicyclic amines) is 1. The Morgan fingerprint density at radius 3 is 2.52 bits per heavy atom. The summed E-state index contributed by atoms with van der Waals surface area (Å²) in [6.45, 7) is 12.5. The summed E-state index contributed by atoms with van der Waals surface area (Å²) in [5, 5.41) is 8.19. The van der Waals surface area contributed by atoms with Gasteiger partial charge in [-0.3, -0.25) is 9.58 Å². The summed E-state index contributed by atoms with van der Waals surface area (Å²) >= 11 is 0. The quantitative estimate of drug-likeness (QED) is 0.838. The molecule has 0 bridgehead atoms. The van der Waals surface area contributed by atoms with Crippen molar-refractivity contribution in [2.45, 2.75) is 71.5 Å². The Morgan fingerprint density at radius 1 is 1.33 bits per heavy atom. The van der Waals surface area contributed by atoms with Crippen molar-refractivity contribution in [1.82, 2.24) is 20.0 Å². The van der Waals surface area contributed by atoms with Crippen LogP contribution in [0.5, 0.6) is 0 Å². The largest absolute Gasteiger partial charge is 0.315 e. The summed E-state index contributed by atoms with van der Waals surface area (Å²) < 4.78 is 2.15. The predicted octanol–water partition coefficient (Wildman–Crippen LogP) is 2.61. The lowest BCUT2D eigenvalue weighted by Crippen LogP contribution is -2.58. The van der Waals surface area contributed by atoms with Crippen molar-refractivity contribution in [1.29, 1.82) is 0 Å². The van der Waals surface area contributed by atoms with E-state index in [0.29, 0.717) is 6.04 Å². The normalized spacial score (nSPS) is 20.6. The van der Waals surface area contributed by atoms with Crippen LogP contribution in [-0.4, -0.2) is 46.4 Å². The molecule has 2 rings (SSSR count). The lowest BCUT2D eigenvalue weighted by Gasteiger charge is -2.44. The van der Waals surface area contributed by atoms with E-state index < -0.39 is 0 Å². The molecule has 4 nitrogen and oxygen atoms in total. The Kier molecular flexibility index (Phi) is 5.44. The summed E-state index contributed by atoms with van der Waals surface area (Å²) in [5.41, 5.74) is 2.71. The van der Waals surface area contributed by atoms with Crippen LogP contribution < -0.4 is 5.32 Å². The molecule has 0 aliphatic carbocycles. The molecular formula is C17H32N4. The van der Waals surface area contributed by atoms with E-state index in [9.17, 15) is 0 Å². The van der Waals surface area contributed by atoms with Crippen LogP contribution >= 0.6 is 0 Å². The molecule has 0 saturated carbocycles. The first-order chi connectivity index (χ1) is 10.0. The first kappa shape index (κ1) is 16.5. The molecule has 0 aromatic carbocycles. The second-order valence-electron chi connectivity index (χ2n) is 6.54. The monoisotopic (exact) mass is 292 g/mol. The summed E-state index contributed by atoms with van der Waals surface area (Å²) in [4.78, 5) is 2.69. The van der Waals surface area contributed by atoms with Gasteiger partial charge in [0.1, 0.15) is 0 Å². The van der Waals surface area contributed by atoms with Crippen LogP contribution in [0, 0.1) is 6.92 Å². The summed E-state index contributed by atoms with van der Waals surface area (Å²) in [6.07, 6.45) is 4.92. The number of rotatable bonds is 7. The van der Waals surface area contributed by atoms with E-state index in [2.05, 4.69) is 60.8 Å². The van der Waals surface area contributed by atoms with Crippen LogP contribution in [0.15, 0.2) is 6.07 Å². The SMILES string of the molecule is CCn1nc(C)cc1CC(NC)C(C)(CC)N1CCCC1. The van der Waals surface area contributed by atoms with Gasteiger partial charge in [0.05, 0.1) is 5.69 Å². The number of hydrogen-bond donors (Lipinski definition) is 1. The average Bonchev–Trinajstić information content (AvgIpc) is 3.13. The molecule has 2 heterocycles. The van der Waals surface area contributed by atoms with E-state index in [1.807, 2.05) is 0 Å². The highest BCUT2D eigenvalue weighted by Gasteiger charge is 2.39. The molecule has 1 N–H and O–H groups in total. The van der Waals surface area contributed by atoms with Crippen molar-refractivity contribution in [3.8, 4) is 0 Å². The molecule has 2 atom stereocenters. The average molecular weight is 292 g/mol. The van der Waals surface area contributed by atoms with Gasteiger partial charge >= 0.3 is 0 Å². The molecule has 21 heavy (non-hydrogen) atoms. The predicted molar refractivity (Wildman–Crippen MR) is 88.7 cm³/mol. The first-order valence-electron chi connectivity index (χ1n) is 8.50. The van der Waals surface area contributed by atoms with Gasteiger partial charge in [-0.25, -0.2) is 0 Å². The second kappa shape index (κ2) is 6.93. The zero-order valence-corrected chi connectivity index (χ0v) is 14.4. The molecule has 120 valence electrons. The van der Waals surface area contributed by atoms with Crippen LogP contribution in [0.25, 0.3) is 0 Å². The molecular weight excluding hydrogens is 260 g/mol. The van der Waals surface area contributed by atoms with Gasteiger partial charge in [0.25, 0.3) is 0 Å². The number of nitrogens with zero attached hydrogens (tertiary/aromatic N) is 3. The van der Waals surface area contributed by atoms with E-state index >= 15 is 0 Å². The maximum atomic E-state index is 4.60. The minimum Gasteiger partial charge on any atom is -0.315 e. The van der Waals surface area contributed by atoms with E-state index in [1.165, 1.54) is 38.0 Å². The number of aryl methyl sites for hydroxylation is 2. The maximum Gasteiger partial charge on any atom is 0.0596 e. The molecule has 2 unspecified atom stereocenters. The molecule has 4 heteroatoms. The summed E-state index contributed by atoms with van der Waals surface area (Å²) in [7, 11) is 2.11. The molecule has 1 fully saturated rings. The third kappa shape index (κ3) is 3.32. The minimum atomic E-state index is 0.224. The van der Waals surface area contributed by atoms with Gasteiger partial charge in [0.2, 0.25) is 0 Å². The van der Waals surface area contributed by atoms with Gasteiger partial charge < -0.3 is 5.32 Å². The highest BCUT2D eigenvalue weighted by Crippen LogP contribution is 2.29. The van der Waals surface area contributed by atoms with Crippen molar-refractivity contribution in [3.05, 3.63) is 17.5 Å². The standard InChI is InChI=1S/C17H32N4/c1-6-17(4,20-10-8-9-11-20)16(18-5)13-15-12-14(3)19-21(15)7-2/h12,16,18H,6-11,13H2,1-5H3. The van der Waals surface area contributed by atoms with E-state index in [-0.39, 0.29) is 5.54 Å². The fourth-order valence-electron chi connectivity index (χ4n) is 3.80. The van der Waals surface area contributed by atoms with Crippen LogP contribution in [0.3, 0.4) is 0 Å².